The molecule has 0 spiro atoms. The number of aromatic nitrogens is 1. The fourth-order valence-corrected chi connectivity index (χ4v) is 4.21. The normalized spacial score (nSPS) is 19.1. The molecule has 0 aliphatic carbocycles. The van der Waals surface area contributed by atoms with E-state index in [2.05, 4.69) is 29.0 Å². The van der Waals surface area contributed by atoms with Crippen molar-refractivity contribution < 1.29 is 4.42 Å². The summed E-state index contributed by atoms with van der Waals surface area (Å²) in [7, 11) is 0. The van der Waals surface area contributed by atoms with Gasteiger partial charge >= 0.3 is 0 Å². The number of aryl methyl sites for hydroxylation is 1. The molecule has 1 N–H and O–H groups in total. The maximum Gasteiger partial charge on any atom is 0.170 e. The number of thiocarbonyl (C=S) groups is 1. The number of hydrogen-bond acceptors (Lipinski definition) is 3. The molecule has 150 valence electrons. The second-order valence-electron chi connectivity index (χ2n) is 7.84. The molecule has 0 bridgehead atoms. The van der Waals surface area contributed by atoms with Crippen molar-refractivity contribution in [1.82, 2.24) is 15.2 Å². The fourth-order valence-electron chi connectivity index (χ4n) is 3.72. The van der Waals surface area contributed by atoms with Gasteiger partial charge in [0, 0.05) is 23.3 Å². The standard InChI is InChI=1S/C23H24ClN3OS/c1-14(2)13-27-22(21(26-23(27)29)18-6-4-5-11-25-18)20-10-9-19(28-20)16-8-7-15(3)17(24)12-16/h4-12,14,21-22H,13H2,1-3H3,(H,26,29). The van der Waals surface area contributed by atoms with Crippen molar-refractivity contribution >= 4 is 28.9 Å². The molecule has 2 atom stereocenters. The highest BCUT2D eigenvalue weighted by Crippen LogP contribution is 2.41. The van der Waals surface area contributed by atoms with Crippen LogP contribution in [0.25, 0.3) is 11.3 Å². The van der Waals surface area contributed by atoms with Crippen molar-refractivity contribution in [3.63, 3.8) is 0 Å². The lowest BCUT2D eigenvalue weighted by molar-refractivity contribution is 0.253. The lowest BCUT2D eigenvalue weighted by atomic mass is 10.0. The Balaban J connectivity index is 1.73. The van der Waals surface area contributed by atoms with Crippen molar-refractivity contribution in [3.8, 4) is 11.3 Å². The van der Waals surface area contributed by atoms with Crippen molar-refractivity contribution in [1.29, 1.82) is 0 Å². The molecule has 2 aromatic heterocycles. The lowest BCUT2D eigenvalue weighted by Gasteiger charge is -2.27. The zero-order chi connectivity index (χ0) is 20.5. The molecule has 1 aliphatic rings. The molecule has 0 radical (unpaired) electrons. The van der Waals surface area contributed by atoms with E-state index in [1.807, 2.05) is 61.7 Å². The molecule has 1 saturated heterocycles. The van der Waals surface area contributed by atoms with Crippen molar-refractivity contribution in [2.45, 2.75) is 32.9 Å². The lowest BCUT2D eigenvalue weighted by Crippen LogP contribution is -2.32. The van der Waals surface area contributed by atoms with Crippen molar-refractivity contribution in [2.24, 2.45) is 5.92 Å². The maximum atomic E-state index is 6.33. The van der Waals surface area contributed by atoms with Crippen LogP contribution >= 0.6 is 23.8 Å². The van der Waals surface area contributed by atoms with Gasteiger partial charge in [-0.25, -0.2) is 0 Å². The molecular formula is C23H24ClN3OS. The summed E-state index contributed by atoms with van der Waals surface area (Å²) in [5.74, 6) is 2.12. The third-order valence-corrected chi connectivity index (χ3v) is 5.89. The Morgan fingerprint density at radius 2 is 2.03 bits per heavy atom. The number of hydrogen-bond donors (Lipinski definition) is 1. The summed E-state index contributed by atoms with van der Waals surface area (Å²) in [4.78, 5) is 6.78. The topological polar surface area (TPSA) is 41.3 Å². The average molecular weight is 426 g/mol. The van der Waals surface area contributed by atoms with Gasteiger partial charge in [0.1, 0.15) is 17.6 Å². The summed E-state index contributed by atoms with van der Waals surface area (Å²) >= 11 is 12.0. The van der Waals surface area contributed by atoms with Crippen molar-refractivity contribution in [2.75, 3.05) is 6.54 Å². The number of rotatable bonds is 5. The zero-order valence-corrected chi connectivity index (χ0v) is 18.3. The van der Waals surface area contributed by atoms with E-state index >= 15 is 0 Å². The molecule has 4 rings (SSSR count). The molecular weight excluding hydrogens is 402 g/mol. The Morgan fingerprint density at radius 3 is 2.72 bits per heavy atom. The minimum atomic E-state index is -0.0666. The molecule has 2 unspecified atom stereocenters. The molecule has 1 aliphatic heterocycles. The number of pyridine rings is 1. The molecule has 0 saturated carbocycles. The Labute approximate surface area is 181 Å². The quantitative estimate of drug-likeness (QED) is 0.513. The van der Waals surface area contributed by atoms with Gasteiger partial charge in [0.15, 0.2) is 5.11 Å². The fraction of sp³-hybridized carbons (Fsp3) is 0.304. The second kappa shape index (κ2) is 8.17. The first-order valence-electron chi connectivity index (χ1n) is 9.78. The number of nitrogens with one attached hydrogen (secondary N) is 1. The predicted octanol–water partition coefficient (Wildman–Crippen LogP) is 5.93. The van der Waals surface area contributed by atoms with Gasteiger partial charge in [-0.05, 0) is 61.0 Å². The highest BCUT2D eigenvalue weighted by atomic mass is 35.5. The van der Waals surface area contributed by atoms with Gasteiger partial charge in [0.2, 0.25) is 0 Å². The van der Waals surface area contributed by atoms with Crippen LogP contribution in [0.3, 0.4) is 0 Å². The van der Waals surface area contributed by atoms with Crippen LogP contribution in [0.5, 0.6) is 0 Å². The number of halogens is 1. The molecule has 6 heteroatoms. The van der Waals surface area contributed by atoms with Crippen LogP contribution in [0.15, 0.2) is 59.1 Å². The largest absolute Gasteiger partial charge is 0.459 e. The molecule has 4 nitrogen and oxygen atoms in total. The van der Waals surface area contributed by atoms with Gasteiger partial charge in [0.05, 0.1) is 11.7 Å². The molecule has 0 amide bonds. The van der Waals surface area contributed by atoms with Crippen LogP contribution < -0.4 is 5.32 Å². The molecule has 3 heterocycles. The maximum absolute atomic E-state index is 6.33. The van der Waals surface area contributed by atoms with Crippen LogP contribution in [0.2, 0.25) is 5.02 Å². The van der Waals surface area contributed by atoms with Gasteiger partial charge in [-0.3, -0.25) is 4.98 Å². The van der Waals surface area contributed by atoms with Crippen molar-refractivity contribution in [3.05, 3.63) is 76.8 Å². The predicted molar refractivity (Wildman–Crippen MR) is 121 cm³/mol. The first kappa shape index (κ1) is 19.9. The minimum absolute atomic E-state index is 0.0607. The van der Waals surface area contributed by atoms with Crippen LogP contribution in [-0.2, 0) is 0 Å². The molecule has 3 aromatic rings. The van der Waals surface area contributed by atoms with E-state index in [0.29, 0.717) is 5.92 Å². The van der Waals surface area contributed by atoms with Gasteiger partial charge < -0.3 is 14.6 Å². The Hall–Kier alpha value is -2.37. The van der Waals surface area contributed by atoms with Gasteiger partial charge in [-0.1, -0.05) is 43.6 Å². The first-order chi connectivity index (χ1) is 13.9. The third-order valence-electron chi connectivity index (χ3n) is 5.13. The Morgan fingerprint density at radius 1 is 1.21 bits per heavy atom. The van der Waals surface area contributed by atoms with Crippen LogP contribution in [-0.4, -0.2) is 21.5 Å². The second-order valence-corrected chi connectivity index (χ2v) is 8.63. The highest BCUT2D eigenvalue weighted by Gasteiger charge is 2.41. The van der Waals surface area contributed by atoms with E-state index in [4.69, 9.17) is 28.2 Å². The smallest absolute Gasteiger partial charge is 0.170 e. The van der Waals surface area contributed by atoms with Crippen LogP contribution in [0, 0.1) is 12.8 Å². The molecule has 1 aromatic carbocycles. The van der Waals surface area contributed by atoms with E-state index in [0.717, 1.165) is 45.0 Å². The van der Waals surface area contributed by atoms with E-state index in [1.165, 1.54) is 0 Å². The third kappa shape index (κ3) is 4.02. The monoisotopic (exact) mass is 425 g/mol. The van der Waals surface area contributed by atoms with Gasteiger partial charge in [0.25, 0.3) is 0 Å². The van der Waals surface area contributed by atoms with Crippen LogP contribution in [0.4, 0.5) is 0 Å². The van der Waals surface area contributed by atoms with E-state index in [9.17, 15) is 0 Å². The number of benzene rings is 1. The summed E-state index contributed by atoms with van der Waals surface area (Å²) in [5, 5.41) is 4.92. The molecule has 1 fully saturated rings. The van der Waals surface area contributed by atoms with E-state index < -0.39 is 0 Å². The first-order valence-corrected chi connectivity index (χ1v) is 10.6. The number of nitrogens with zero attached hydrogens (tertiary/aromatic N) is 2. The van der Waals surface area contributed by atoms with Crippen LogP contribution in [0.1, 0.15) is 42.9 Å². The SMILES string of the molecule is Cc1ccc(-c2ccc(C3C(c4ccccn4)NC(=S)N3CC(C)C)o2)cc1Cl. The Bertz CT molecular complexity index is 1020. The summed E-state index contributed by atoms with van der Waals surface area (Å²) in [6, 6.07) is 15.8. The number of furan rings is 1. The summed E-state index contributed by atoms with van der Waals surface area (Å²) in [5.41, 5.74) is 2.96. The summed E-state index contributed by atoms with van der Waals surface area (Å²) < 4.78 is 6.33. The Kier molecular flexibility index (Phi) is 5.61. The average Bonchev–Trinajstić information content (AvgIpc) is 3.30. The minimum Gasteiger partial charge on any atom is -0.459 e. The highest BCUT2D eigenvalue weighted by molar-refractivity contribution is 7.80. The van der Waals surface area contributed by atoms with E-state index in [-0.39, 0.29) is 12.1 Å². The summed E-state index contributed by atoms with van der Waals surface area (Å²) in [6.07, 6.45) is 1.81. The van der Waals surface area contributed by atoms with Gasteiger partial charge in [-0.15, -0.1) is 0 Å². The molecule has 29 heavy (non-hydrogen) atoms. The summed E-state index contributed by atoms with van der Waals surface area (Å²) in [6.45, 7) is 7.21. The van der Waals surface area contributed by atoms with E-state index in [1.54, 1.807) is 0 Å². The van der Waals surface area contributed by atoms with Gasteiger partial charge in [-0.2, -0.15) is 0 Å². The zero-order valence-electron chi connectivity index (χ0n) is 16.7.